The van der Waals surface area contributed by atoms with E-state index in [-0.39, 0.29) is 12.4 Å². The highest BCUT2D eigenvalue weighted by atomic mass is 16.2. The SMILES string of the molecule is CC(C)=CC(=O)C/C(C)=C\CC/C(C)=C/CO. The van der Waals surface area contributed by atoms with Crippen molar-refractivity contribution in [2.45, 2.75) is 47.0 Å². The Morgan fingerprint density at radius 1 is 1.06 bits per heavy atom. The minimum Gasteiger partial charge on any atom is -0.392 e. The average Bonchev–Trinajstić information content (AvgIpc) is 2.16. The zero-order valence-corrected chi connectivity index (χ0v) is 11.4. The Bertz CT molecular complexity index is 329. The third-order valence-electron chi connectivity index (χ3n) is 2.37. The van der Waals surface area contributed by atoms with Gasteiger partial charge in [0.1, 0.15) is 0 Å². The summed E-state index contributed by atoms with van der Waals surface area (Å²) in [6.07, 6.45) is 7.98. The van der Waals surface area contributed by atoms with Gasteiger partial charge in [0.2, 0.25) is 0 Å². The lowest BCUT2D eigenvalue weighted by atomic mass is 10.1. The van der Waals surface area contributed by atoms with E-state index in [1.165, 1.54) is 5.57 Å². The number of aliphatic hydroxyl groups is 1. The van der Waals surface area contributed by atoms with Crippen molar-refractivity contribution < 1.29 is 9.90 Å². The molecule has 0 unspecified atom stereocenters. The first-order valence-electron chi connectivity index (χ1n) is 6.05. The van der Waals surface area contributed by atoms with E-state index in [1.807, 2.05) is 33.8 Å². The van der Waals surface area contributed by atoms with Gasteiger partial charge in [-0.2, -0.15) is 0 Å². The average molecular weight is 236 g/mol. The number of allylic oxidation sites excluding steroid dienone is 5. The van der Waals surface area contributed by atoms with Crippen molar-refractivity contribution in [3.8, 4) is 0 Å². The first-order valence-corrected chi connectivity index (χ1v) is 6.05. The molecule has 0 saturated heterocycles. The van der Waals surface area contributed by atoms with E-state index in [4.69, 9.17) is 5.11 Å². The summed E-state index contributed by atoms with van der Waals surface area (Å²) in [7, 11) is 0. The maximum absolute atomic E-state index is 11.5. The molecule has 0 saturated carbocycles. The standard InChI is InChI=1S/C15H24O2/c1-12(2)10-15(17)11-14(4)7-5-6-13(3)8-9-16/h7-8,10,16H,5-6,9,11H2,1-4H3/b13-8+,14-7-. The number of rotatable bonds is 7. The van der Waals surface area contributed by atoms with E-state index in [2.05, 4.69) is 6.08 Å². The fourth-order valence-electron chi connectivity index (χ4n) is 1.52. The summed E-state index contributed by atoms with van der Waals surface area (Å²) in [5.74, 6) is 0.168. The molecule has 0 aliphatic rings. The van der Waals surface area contributed by atoms with Crippen molar-refractivity contribution in [3.05, 3.63) is 34.9 Å². The highest BCUT2D eigenvalue weighted by Crippen LogP contribution is 2.09. The molecule has 0 aromatic rings. The summed E-state index contributed by atoms with van der Waals surface area (Å²) >= 11 is 0. The molecule has 96 valence electrons. The molecule has 1 N–H and O–H groups in total. The molecular weight excluding hydrogens is 212 g/mol. The number of ketones is 1. The maximum Gasteiger partial charge on any atom is 0.159 e. The molecule has 0 aliphatic heterocycles. The Morgan fingerprint density at radius 3 is 2.24 bits per heavy atom. The quantitative estimate of drug-likeness (QED) is 0.542. The fourth-order valence-corrected chi connectivity index (χ4v) is 1.52. The van der Waals surface area contributed by atoms with E-state index in [9.17, 15) is 4.79 Å². The highest BCUT2D eigenvalue weighted by Gasteiger charge is 1.99. The molecular formula is C15H24O2. The molecule has 0 radical (unpaired) electrons. The second-order valence-electron chi connectivity index (χ2n) is 4.69. The van der Waals surface area contributed by atoms with Crippen LogP contribution in [0.3, 0.4) is 0 Å². The van der Waals surface area contributed by atoms with Crippen LogP contribution in [-0.4, -0.2) is 17.5 Å². The van der Waals surface area contributed by atoms with Crippen LogP contribution >= 0.6 is 0 Å². The van der Waals surface area contributed by atoms with Crippen LogP contribution in [0.5, 0.6) is 0 Å². The van der Waals surface area contributed by atoms with Crippen LogP contribution < -0.4 is 0 Å². The number of aliphatic hydroxyl groups excluding tert-OH is 1. The van der Waals surface area contributed by atoms with Gasteiger partial charge in [-0.3, -0.25) is 4.79 Å². The summed E-state index contributed by atoms with van der Waals surface area (Å²) in [5.41, 5.74) is 3.35. The van der Waals surface area contributed by atoms with Gasteiger partial charge in [0.15, 0.2) is 5.78 Å². The monoisotopic (exact) mass is 236 g/mol. The number of hydrogen-bond acceptors (Lipinski definition) is 2. The second-order valence-corrected chi connectivity index (χ2v) is 4.69. The lowest BCUT2D eigenvalue weighted by Gasteiger charge is -2.00. The van der Waals surface area contributed by atoms with Crippen molar-refractivity contribution >= 4 is 5.78 Å². The molecule has 0 amide bonds. The Labute approximate surface area is 105 Å². The van der Waals surface area contributed by atoms with Crippen LogP contribution in [0.4, 0.5) is 0 Å². The van der Waals surface area contributed by atoms with Crippen LogP contribution in [-0.2, 0) is 4.79 Å². The van der Waals surface area contributed by atoms with Gasteiger partial charge in [0.05, 0.1) is 6.61 Å². The Kier molecular flexibility index (Phi) is 8.34. The molecule has 0 aliphatic carbocycles. The Hall–Kier alpha value is -1.15. The van der Waals surface area contributed by atoms with Crippen LogP contribution in [0.2, 0.25) is 0 Å². The third kappa shape index (κ3) is 9.76. The topological polar surface area (TPSA) is 37.3 Å². The van der Waals surface area contributed by atoms with Gasteiger partial charge < -0.3 is 5.11 Å². The minimum absolute atomic E-state index is 0.105. The van der Waals surface area contributed by atoms with Gasteiger partial charge in [-0.05, 0) is 46.6 Å². The van der Waals surface area contributed by atoms with Gasteiger partial charge in [0.25, 0.3) is 0 Å². The molecule has 0 fully saturated rings. The zero-order chi connectivity index (χ0) is 13.3. The van der Waals surface area contributed by atoms with Crippen LogP contribution in [0.15, 0.2) is 34.9 Å². The molecule has 17 heavy (non-hydrogen) atoms. The third-order valence-corrected chi connectivity index (χ3v) is 2.37. The van der Waals surface area contributed by atoms with Crippen molar-refractivity contribution in [2.75, 3.05) is 6.61 Å². The van der Waals surface area contributed by atoms with Crippen molar-refractivity contribution in [1.82, 2.24) is 0 Å². The summed E-state index contributed by atoms with van der Waals surface area (Å²) in [4.78, 5) is 11.5. The van der Waals surface area contributed by atoms with Gasteiger partial charge in [-0.1, -0.05) is 28.9 Å². The predicted molar refractivity (Wildman–Crippen MR) is 72.9 cm³/mol. The van der Waals surface area contributed by atoms with Crippen molar-refractivity contribution in [2.24, 2.45) is 0 Å². The highest BCUT2D eigenvalue weighted by molar-refractivity contribution is 5.91. The zero-order valence-electron chi connectivity index (χ0n) is 11.4. The van der Waals surface area contributed by atoms with E-state index in [0.29, 0.717) is 6.42 Å². The molecule has 2 heteroatoms. The summed E-state index contributed by atoms with van der Waals surface area (Å²) in [6.45, 7) is 7.96. The molecule has 0 bridgehead atoms. The maximum atomic E-state index is 11.5. The summed E-state index contributed by atoms with van der Waals surface area (Å²) in [6, 6.07) is 0. The van der Waals surface area contributed by atoms with Gasteiger partial charge in [0, 0.05) is 6.42 Å². The largest absolute Gasteiger partial charge is 0.392 e. The number of carbonyl (C=O) groups is 1. The molecule has 0 spiro atoms. The normalized spacial score (nSPS) is 12.5. The number of carbonyl (C=O) groups excluding carboxylic acids is 1. The van der Waals surface area contributed by atoms with Crippen LogP contribution in [0.1, 0.15) is 47.0 Å². The van der Waals surface area contributed by atoms with Crippen LogP contribution in [0, 0.1) is 0 Å². The van der Waals surface area contributed by atoms with Gasteiger partial charge >= 0.3 is 0 Å². The molecule has 0 atom stereocenters. The predicted octanol–water partition coefficient (Wildman–Crippen LogP) is 3.58. The molecule has 0 rings (SSSR count). The van der Waals surface area contributed by atoms with E-state index >= 15 is 0 Å². The van der Waals surface area contributed by atoms with Crippen LogP contribution in [0.25, 0.3) is 0 Å². The lowest BCUT2D eigenvalue weighted by molar-refractivity contribution is -0.114. The smallest absolute Gasteiger partial charge is 0.159 e. The fraction of sp³-hybridized carbons (Fsp3) is 0.533. The van der Waals surface area contributed by atoms with E-state index in [1.54, 1.807) is 6.08 Å². The Balaban J connectivity index is 4.07. The van der Waals surface area contributed by atoms with Gasteiger partial charge in [-0.25, -0.2) is 0 Å². The molecule has 0 heterocycles. The molecule has 0 aromatic heterocycles. The first kappa shape index (κ1) is 15.9. The van der Waals surface area contributed by atoms with Crippen molar-refractivity contribution in [1.29, 1.82) is 0 Å². The number of hydrogen-bond donors (Lipinski definition) is 1. The summed E-state index contributed by atoms with van der Waals surface area (Å²) in [5, 5.41) is 8.71. The molecule has 2 nitrogen and oxygen atoms in total. The van der Waals surface area contributed by atoms with E-state index in [0.717, 1.165) is 24.0 Å². The summed E-state index contributed by atoms with van der Waals surface area (Å²) < 4.78 is 0. The molecule has 0 aromatic carbocycles. The first-order chi connectivity index (χ1) is 7.95. The van der Waals surface area contributed by atoms with Gasteiger partial charge in [-0.15, -0.1) is 0 Å². The Morgan fingerprint density at radius 2 is 1.71 bits per heavy atom. The second kappa shape index (κ2) is 8.94. The lowest BCUT2D eigenvalue weighted by Crippen LogP contribution is -1.94. The minimum atomic E-state index is 0.105. The van der Waals surface area contributed by atoms with Crippen molar-refractivity contribution in [3.63, 3.8) is 0 Å². The van der Waals surface area contributed by atoms with E-state index < -0.39 is 0 Å².